The highest BCUT2D eigenvalue weighted by atomic mass is 79.9. The molecule has 5 heteroatoms. The van der Waals surface area contributed by atoms with Crippen LogP contribution in [0.25, 0.3) is 0 Å². The Morgan fingerprint density at radius 1 is 1.24 bits per heavy atom. The van der Waals surface area contributed by atoms with E-state index in [1.165, 1.54) is 12.8 Å². The first-order valence-electron chi connectivity index (χ1n) is 6.95. The summed E-state index contributed by atoms with van der Waals surface area (Å²) in [5.41, 5.74) is 0.766. The van der Waals surface area contributed by atoms with E-state index in [0.717, 1.165) is 28.1 Å². The van der Waals surface area contributed by atoms with Gasteiger partial charge in [-0.3, -0.25) is 4.98 Å². The van der Waals surface area contributed by atoms with Gasteiger partial charge in [0.25, 0.3) is 5.79 Å². The number of aromatic nitrogens is 1. The molecule has 2 aliphatic rings. The standard InChI is InChI=1S/C16H13BrClNO2/c17-12-2-1-3-13-15(12)21-16(20-13,8-10-4-5-10)14-7-6-11(18)9-19-14/h1-3,6-7,9-10H,4-5,8H2. The first-order valence-corrected chi connectivity index (χ1v) is 8.12. The minimum Gasteiger partial charge on any atom is -0.443 e. The van der Waals surface area contributed by atoms with Crippen molar-refractivity contribution < 1.29 is 9.47 Å². The van der Waals surface area contributed by atoms with Crippen LogP contribution >= 0.6 is 27.5 Å². The number of halogens is 2. The molecule has 0 amide bonds. The Bertz CT molecular complexity index is 687. The van der Waals surface area contributed by atoms with E-state index < -0.39 is 5.79 Å². The van der Waals surface area contributed by atoms with Crippen LogP contribution in [0, 0.1) is 5.92 Å². The minimum atomic E-state index is -0.835. The Morgan fingerprint density at radius 3 is 2.76 bits per heavy atom. The number of nitrogens with zero attached hydrogens (tertiary/aromatic N) is 1. The molecule has 21 heavy (non-hydrogen) atoms. The van der Waals surface area contributed by atoms with Crippen LogP contribution in [0.3, 0.4) is 0 Å². The lowest BCUT2D eigenvalue weighted by molar-refractivity contribution is -0.101. The summed E-state index contributed by atoms with van der Waals surface area (Å²) < 4.78 is 13.3. The third-order valence-electron chi connectivity index (χ3n) is 3.84. The van der Waals surface area contributed by atoms with Crippen molar-refractivity contribution in [3.63, 3.8) is 0 Å². The number of hydrogen-bond acceptors (Lipinski definition) is 3. The summed E-state index contributed by atoms with van der Waals surface area (Å²) in [4.78, 5) is 4.43. The quantitative estimate of drug-likeness (QED) is 0.772. The van der Waals surface area contributed by atoms with Crippen LogP contribution in [0.15, 0.2) is 41.0 Å². The normalized spacial score (nSPS) is 23.3. The first-order chi connectivity index (χ1) is 10.2. The Kier molecular flexibility index (Phi) is 3.12. The molecule has 1 unspecified atom stereocenters. The Balaban J connectivity index is 1.76. The van der Waals surface area contributed by atoms with Crippen LogP contribution in [-0.2, 0) is 5.79 Å². The largest absolute Gasteiger partial charge is 0.443 e. The van der Waals surface area contributed by atoms with Crippen molar-refractivity contribution in [1.82, 2.24) is 4.98 Å². The number of para-hydroxylation sites is 1. The van der Waals surface area contributed by atoms with Gasteiger partial charge in [0, 0.05) is 12.6 Å². The molecule has 1 fully saturated rings. The molecule has 2 aromatic rings. The summed E-state index contributed by atoms with van der Waals surface area (Å²) in [5, 5.41) is 0.608. The van der Waals surface area contributed by atoms with Crippen molar-refractivity contribution in [2.24, 2.45) is 5.92 Å². The van der Waals surface area contributed by atoms with Crippen molar-refractivity contribution in [2.75, 3.05) is 0 Å². The van der Waals surface area contributed by atoms with Crippen molar-refractivity contribution in [1.29, 1.82) is 0 Å². The van der Waals surface area contributed by atoms with E-state index in [0.29, 0.717) is 10.9 Å². The predicted molar refractivity (Wildman–Crippen MR) is 83.7 cm³/mol. The molecule has 4 rings (SSSR count). The second-order valence-corrected chi connectivity index (χ2v) is 6.82. The Labute approximate surface area is 136 Å². The van der Waals surface area contributed by atoms with Crippen molar-refractivity contribution in [3.8, 4) is 11.5 Å². The Morgan fingerprint density at radius 2 is 2.10 bits per heavy atom. The molecular weight excluding hydrogens is 354 g/mol. The van der Waals surface area contributed by atoms with Gasteiger partial charge in [-0.25, -0.2) is 0 Å². The lowest BCUT2D eigenvalue weighted by Gasteiger charge is -2.27. The smallest absolute Gasteiger partial charge is 0.295 e. The van der Waals surface area contributed by atoms with E-state index >= 15 is 0 Å². The number of hydrogen-bond donors (Lipinski definition) is 0. The highest BCUT2D eigenvalue weighted by Gasteiger charge is 2.49. The molecule has 1 saturated carbocycles. The average Bonchev–Trinajstić information content (AvgIpc) is 3.18. The third kappa shape index (κ3) is 2.40. The molecule has 0 spiro atoms. The molecule has 0 bridgehead atoms. The van der Waals surface area contributed by atoms with Crippen molar-refractivity contribution in [3.05, 3.63) is 51.7 Å². The van der Waals surface area contributed by atoms with E-state index in [2.05, 4.69) is 20.9 Å². The third-order valence-corrected chi connectivity index (χ3v) is 4.69. The van der Waals surface area contributed by atoms with Gasteiger partial charge in [-0.15, -0.1) is 0 Å². The lowest BCUT2D eigenvalue weighted by atomic mass is 10.0. The van der Waals surface area contributed by atoms with Gasteiger partial charge >= 0.3 is 0 Å². The maximum atomic E-state index is 6.23. The topological polar surface area (TPSA) is 31.4 Å². The fourth-order valence-corrected chi connectivity index (χ4v) is 3.17. The molecule has 0 N–H and O–H groups in total. The summed E-state index contributed by atoms with van der Waals surface area (Å²) in [5.74, 6) is 1.30. The second kappa shape index (κ2) is 4.89. The van der Waals surface area contributed by atoms with Crippen LogP contribution in [-0.4, -0.2) is 4.98 Å². The van der Waals surface area contributed by atoms with Gasteiger partial charge in [0.2, 0.25) is 0 Å². The molecule has 2 heterocycles. The van der Waals surface area contributed by atoms with E-state index in [-0.39, 0.29) is 0 Å². The van der Waals surface area contributed by atoms with Crippen LogP contribution in [0.5, 0.6) is 11.5 Å². The van der Waals surface area contributed by atoms with Gasteiger partial charge < -0.3 is 9.47 Å². The highest BCUT2D eigenvalue weighted by Crippen LogP contribution is 2.52. The summed E-state index contributed by atoms with van der Waals surface area (Å²) in [6.07, 6.45) is 4.89. The molecule has 1 aromatic heterocycles. The fourth-order valence-electron chi connectivity index (χ4n) is 2.63. The van der Waals surface area contributed by atoms with Crippen LogP contribution in [0.2, 0.25) is 5.02 Å². The molecule has 1 aliphatic carbocycles. The summed E-state index contributed by atoms with van der Waals surface area (Å²) in [7, 11) is 0. The molecule has 1 aliphatic heterocycles. The van der Waals surface area contributed by atoms with E-state index in [9.17, 15) is 0 Å². The van der Waals surface area contributed by atoms with Gasteiger partial charge in [0.1, 0.15) is 5.69 Å². The molecule has 1 aromatic carbocycles. The lowest BCUT2D eigenvalue weighted by Crippen LogP contribution is -2.37. The van der Waals surface area contributed by atoms with E-state index in [1.54, 1.807) is 6.20 Å². The number of fused-ring (bicyclic) bond motifs is 1. The van der Waals surface area contributed by atoms with Gasteiger partial charge in [-0.2, -0.15) is 0 Å². The van der Waals surface area contributed by atoms with Gasteiger partial charge in [-0.05, 0) is 59.0 Å². The average molecular weight is 367 g/mol. The number of pyridine rings is 1. The molecule has 0 radical (unpaired) electrons. The zero-order valence-electron chi connectivity index (χ0n) is 11.2. The maximum Gasteiger partial charge on any atom is 0.295 e. The number of ether oxygens (including phenoxy) is 2. The molecular formula is C16H13BrClNO2. The maximum absolute atomic E-state index is 6.23. The minimum absolute atomic E-state index is 0.608. The number of benzene rings is 1. The second-order valence-electron chi connectivity index (χ2n) is 5.53. The van der Waals surface area contributed by atoms with Gasteiger partial charge in [0.05, 0.1) is 9.50 Å². The van der Waals surface area contributed by atoms with Gasteiger partial charge in [-0.1, -0.05) is 17.7 Å². The van der Waals surface area contributed by atoms with Gasteiger partial charge in [0.15, 0.2) is 11.5 Å². The van der Waals surface area contributed by atoms with Crippen LogP contribution in [0.1, 0.15) is 25.0 Å². The predicted octanol–water partition coefficient (Wildman–Crippen LogP) is 4.92. The highest BCUT2D eigenvalue weighted by molar-refractivity contribution is 9.10. The summed E-state index contributed by atoms with van der Waals surface area (Å²) >= 11 is 9.46. The zero-order valence-corrected chi connectivity index (χ0v) is 13.5. The summed E-state index contributed by atoms with van der Waals surface area (Å²) in [6.45, 7) is 0. The monoisotopic (exact) mass is 365 g/mol. The summed E-state index contributed by atoms with van der Waals surface area (Å²) in [6, 6.07) is 9.51. The first kappa shape index (κ1) is 13.4. The van der Waals surface area contributed by atoms with Crippen LogP contribution in [0.4, 0.5) is 0 Å². The molecule has 0 saturated heterocycles. The molecule has 1 atom stereocenters. The van der Waals surface area contributed by atoms with E-state index in [1.807, 2.05) is 30.3 Å². The molecule has 3 nitrogen and oxygen atoms in total. The SMILES string of the molecule is Clc1ccc(C2(CC3CC3)Oc3cccc(Br)c3O2)nc1. The fraction of sp³-hybridized carbons (Fsp3) is 0.312. The Hall–Kier alpha value is -1.26. The number of rotatable bonds is 3. The van der Waals surface area contributed by atoms with Crippen molar-refractivity contribution >= 4 is 27.5 Å². The van der Waals surface area contributed by atoms with Crippen molar-refractivity contribution in [2.45, 2.75) is 25.0 Å². The molecule has 108 valence electrons. The van der Waals surface area contributed by atoms with Crippen LogP contribution < -0.4 is 9.47 Å². The van der Waals surface area contributed by atoms with E-state index in [4.69, 9.17) is 21.1 Å². The zero-order chi connectivity index (χ0) is 14.4.